The van der Waals surface area contributed by atoms with Crippen LogP contribution in [0.5, 0.6) is 0 Å². The predicted molar refractivity (Wildman–Crippen MR) is 90.8 cm³/mol. The first-order valence-corrected chi connectivity index (χ1v) is 8.42. The van der Waals surface area contributed by atoms with Crippen LogP contribution in [-0.2, 0) is 6.54 Å². The number of imidazole rings is 1. The third-order valence-corrected chi connectivity index (χ3v) is 4.96. The van der Waals surface area contributed by atoms with Gasteiger partial charge in [0.2, 0.25) is 0 Å². The Morgan fingerprint density at radius 1 is 1.00 bits per heavy atom. The normalized spacial score (nSPS) is 16.0. The topological polar surface area (TPSA) is 39.3 Å². The van der Waals surface area contributed by atoms with E-state index in [2.05, 4.69) is 33.8 Å². The largest absolute Gasteiger partial charge is 0.353 e. The van der Waals surface area contributed by atoms with E-state index in [0.717, 1.165) is 18.1 Å². The zero-order valence-electron chi connectivity index (χ0n) is 13.2. The van der Waals surface area contributed by atoms with Crippen molar-refractivity contribution in [2.24, 2.45) is 0 Å². The lowest BCUT2D eigenvalue weighted by molar-refractivity contribution is 0.443. The maximum absolute atomic E-state index is 11.7. The van der Waals surface area contributed by atoms with E-state index in [1.165, 1.54) is 43.2 Å². The molecule has 118 valence electrons. The number of benzene rings is 1. The molecule has 3 aromatic rings. The summed E-state index contributed by atoms with van der Waals surface area (Å²) >= 11 is 0. The van der Waals surface area contributed by atoms with Crippen LogP contribution < -0.4 is 5.69 Å². The van der Waals surface area contributed by atoms with E-state index < -0.39 is 0 Å². The molecule has 1 aliphatic rings. The number of fused-ring (bicyclic) bond motifs is 1. The minimum absolute atomic E-state index is 0.228. The lowest BCUT2D eigenvalue weighted by atomic mass is 9.84. The van der Waals surface area contributed by atoms with Gasteiger partial charge >= 0.3 is 5.69 Å². The molecule has 1 fully saturated rings. The van der Waals surface area contributed by atoms with Gasteiger partial charge in [-0.05, 0) is 36.0 Å². The van der Waals surface area contributed by atoms with Gasteiger partial charge in [-0.3, -0.25) is 4.40 Å². The third-order valence-electron chi connectivity index (χ3n) is 4.96. The number of rotatable bonds is 3. The van der Waals surface area contributed by atoms with E-state index in [4.69, 9.17) is 0 Å². The SMILES string of the molecule is O=c1nccc2n(Cc3ccc(C4CCCCC4)cc3)ccn12. The fourth-order valence-corrected chi connectivity index (χ4v) is 3.67. The Morgan fingerprint density at radius 3 is 2.57 bits per heavy atom. The molecule has 0 amide bonds. The van der Waals surface area contributed by atoms with Crippen molar-refractivity contribution in [2.75, 3.05) is 0 Å². The van der Waals surface area contributed by atoms with Crippen molar-refractivity contribution in [1.82, 2.24) is 14.0 Å². The standard InChI is InChI=1S/C19H21N3O/c23-19-20-11-10-18-21(12-13-22(18)19)14-15-6-8-17(9-7-15)16-4-2-1-3-5-16/h6-13,16H,1-5,14H2. The van der Waals surface area contributed by atoms with Crippen molar-refractivity contribution in [3.63, 3.8) is 0 Å². The maximum atomic E-state index is 11.7. The molecule has 0 saturated heterocycles. The van der Waals surface area contributed by atoms with Crippen LogP contribution in [0.1, 0.15) is 49.1 Å². The highest BCUT2D eigenvalue weighted by Crippen LogP contribution is 2.32. The lowest BCUT2D eigenvalue weighted by Gasteiger charge is -2.22. The number of hydrogen-bond acceptors (Lipinski definition) is 2. The Bertz CT molecular complexity index is 854. The molecule has 23 heavy (non-hydrogen) atoms. The minimum atomic E-state index is -0.228. The molecule has 2 heterocycles. The predicted octanol–water partition coefficient (Wildman–Crippen LogP) is 3.59. The molecule has 1 aliphatic carbocycles. The first-order valence-electron chi connectivity index (χ1n) is 8.42. The highest BCUT2D eigenvalue weighted by Gasteiger charge is 2.15. The Labute approximate surface area is 135 Å². The van der Waals surface area contributed by atoms with E-state index >= 15 is 0 Å². The molecule has 0 atom stereocenters. The summed E-state index contributed by atoms with van der Waals surface area (Å²) in [6.07, 6.45) is 12.1. The summed E-state index contributed by atoms with van der Waals surface area (Å²) in [5.41, 5.74) is 3.38. The Kier molecular flexibility index (Phi) is 3.74. The molecule has 0 unspecified atom stereocenters. The van der Waals surface area contributed by atoms with Crippen LogP contribution in [-0.4, -0.2) is 14.0 Å². The molecule has 2 aromatic heterocycles. The molecule has 0 N–H and O–H groups in total. The minimum Gasteiger partial charge on any atom is -0.328 e. The number of aromatic nitrogens is 3. The van der Waals surface area contributed by atoms with Crippen molar-refractivity contribution in [3.05, 3.63) is 70.5 Å². The van der Waals surface area contributed by atoms with Crippen molar-refractivity contribution < 1.29 is 0 Å². The maximum Gasteiger partial charge on any atom is 0.353 e. The van der Waals surface area contributed by atoms with E-state index in [-0.39, 0.29) is 5.69 Å². The van der Waals surface area contributed by atoms with E-state index in [0.29, 0.717) is 0 Å². The second-order valence-electron chi connectivity index (χ2n) is 6.46. The Morgan fingerprint density at radius 2 is 1.78 bits per heavy atom. The van der Waals surface area contributed by atoms with Crippen LogP contribution in [0.4, 0.5) is 0 Å². The molecule has 4 heteroatoms. The fourth-order valence-electron chi connectivity index (χ4n) is 3.67. The van der Waals surface area contributed by atoms with E-state index in [9.17, 15) is 4.79 Å². The van der Waals surface area contributed by atoms with Crippen LogP contribution in [0, 0.1) is 0 Å². The summed E-state index contributed by atoms with van der Waals surface area (Å²) in [5.74, 6) is 0.745. The molecule has 0 bridgehead atoms. The molecule has 4 nitrogen and oxygen atoms in total. The summed E-state index contributed by atoms with van der Waals surface area (Å²) in [6.45, 7) is 0.769. The van der Waals surface area contributed by atoms with Gasteiger partial charge in [-0.15, -0.1) is 0 Å². The zero-order valence-corrected chi connectivity index (χ0v) is 13.2. The summed E-state index contributed by atoms with van der Waals surface area (Å²) in [6, 6.07) is 10.9. The van der Waals surface area contributed by atoms with Gasteiger partial charge in [-0.25, -0.2) is 9.78 Å². The molecule has 0 radical (unpaired) electrons. The fraction of sp³-hybridized carbons (Fsp3) is 0.368. The van der Waals surface area contributed by atoms with Crippen LogP contribution in [0.15, 0.2) is 53.7 Å². The average Bonchev–Trinajstić information content (AvgIpc) is 3.01. The molecule has 1 aromatic carbocycles. The average molecular weight is 307 g/mol. The van der Waals surface area contributed by atoms with Gasteiger partial charge in [-0.2, -0.15) is 0 Å². The second-order valence-corrected chi connectivity index (χ2v) is 6.46. The van der Waals surface area contributed by atoms with Gasteiger partial charge in [0.05, 0.1) is 0 Å². The number of hydrogen-bond donors (Lipinski definition) is 0. The van der Waals surface area contributed by atoms with Crippen LogP contribution in [0.25, 0.3) is 5.65 Å². The first-order chi connectivity index (χ1) is 11.3. The quantitative estimate of drug-likeness (QED) is 0.742. The molecular weight excluding hydrogens is 286 g/mol. The van der Waals surface area contributed by atoms with Crippen molar-refractivity contribution in [3.8, 4) is 0 Å². The summed E-state index contributed by atoms with van der Waals surface area (Å²) in [4.78, 5) is 15.5. The van der Waals surface area contributed by atoms with Gasteiger partial charge in [-0.1, -0.05) is 43.5 Å². The van der Waals surface area contributed by atoms with Crippen LogP contribution >= 0.6 is 0 Å². The summed E-state index contributed by atoms with van der Waals surface area (Å²) in [7, 11) is 0. The number of nitrogens with zero attached hydrogens (tertiary/aromatic N) is 3. The second kappa shape index (κ2) is 6.03. The van der Waals surface area contributed by atoms with Crippen LogP contribution in [0.3, 0.4) is 0 Å². The molecule has 4 rings (SSSR count). The highest BCUT2D eigenvalue weighted by molar-refractivity contribution is 5.39. The van der Waals surface area contributed by atoms with Gasteiger partial charge in [0.25, 0.3) is 0 Å². The first kappa shape index (κ1) is 14.2. The van der Waals surface area contributed by atoms with E-state index in [1.54, 1.807) is 16.8 Å². The lowest BCUT2D eigenvalue weighted by Crippen LogP contribution is -2.15. The van der Waals surface area contributed by atoms with Crippen LogP contribution in [0.2, 0.25) is 0 Å². The monoisotopic (exact) mass is 307 g/mol. The third kappa shape index (κ3) is 2.81. The van der Waals surface area contributed by atoms with Crippen molar-refractivity contribution in [1.29, 1.82) is 0 Å². The van der Waals surface area contributed by atoms with Gasteiger partial charge in [0, 0.05) is 25.1 Å². The molecule has 1 saturated carbocycles. The van der Waals surface area contributed by atoms with Gasteiger partial charge < -0.3 is 4.57 Å². The zero-order chi connectivity index (χ0) is 15.6. The molecule has 0 aliphatic heterocycles. The summed E-state index contributed by atoms with van der Waals surface area (Å²) in [5, 5.41) is 0. The van der Waals surface area contributed by atoms with E-state index in [1.807, 2.05) is 12.3 Å². The summed E-state index contributed by atoms with van der Waals surface area (Å²) < 4.78 is 3.66. The molecule has 0 spiro atoms. The Balaban J connectivity index is 1.56. The smallest absolute Gasteiger partial charge is 0.328 e. The van der Waals surface area contributed by atoms with Crippen molar-refractivity contribution >= 4 is 5.65 Å². The highest BCUT2D eigenvalue weighted by atomic mass is 16.1. The van der Waals surface area contributed by atoms with Crippen molar-refractivity contribution in [2.45, 2.75) is 44.6 Å². The van der Waals surface area contributed by atoms with Gasteiger partial charge in [0.15, 0.2) is 0 Å². The van der Waals surface area contributed by atoms with Gasteiger partial charge in [0.1, 0.15) is 5.65 Å². The molecular formula is C19H21N3O. The Hall–Kier alpha value is -2.36.